The standard InChI is InChI=1S/C21H19BrFNO4S/c1-27-9-3-8-24-20(25)19(29-21(24)26)12-15-11-16(22)6-7-18(15)28-13-14-4-2-5-17(23)10-14/h2,4-7,10-12H,3,8-9,13H2,1H3/b19-12+. The van der Waals surface area contributed by atoms with Gasteiger partial charge in [0.25, 0.3) is 11.1 Å². The molecule has 0 N–H and O–H groups in total. The molecule has 2 amide bonds. The summed E-state index contributed by atoms with van der Waals surface area (Å²) in [6, 6.07) is 11.6. The van der Waals surface area contributed by atoms with Gasteiger partial charge in [0.2, 0.25) is 0 Å². The molecule has 0 saturated carbocycles. The summed E-state index contributed by atoms with van der Waals surface area (Å²) >= 11 is 4.32. The lowest BCUT2D eigenvalue weighted by Crippen LogP contribution is -2.29. The first-order valence-electron chi connectivity index (χ1n) is 8.89. The van der Waals surface area contributed by atoms with Crippen molar-refractivity contribution in [2.24, 2.45) is 0 Å². The normalized spacial score (nSPS) is 15.4. The molecule has 8 heteroatoms. The molecule has 1 aliphatic heterocycles. The van der Waals surface area contributed by atoms with Crippen LogP contribution in [0.25, 0.3) is 6.08 Å². The maximum atomic E-state index is 13.4. The number of halogens is 2. The number of imide groups is 1. The Bertz CT molecular complexity index is 950. The van der Waals surface area contributed by atoms with Crippen molar-refractivity contribution in [1.82, 2.24) is 4.90 Å². The molecule has 0 unspecified atom stereocenters. The van der Waals surface area contributed by atoms with Crippen LogP contribution < -0.4 is 4.74 Å². The highest BCUT2D eigenvalue weighted by Crippen LogP contribution is 2.35. The topological polar surface area (TPSA) is 55.8 Å². The highest BCUT2D eigenvalue weighted by Gasteiger charge is 2.34. The van der Waals surface area contributed by atoms with Crippen molar-refractivity contribution in [2.75, 3.05) is 20.3 Å². The van der Waals surface area contributed by atoms with E-state index in [-0.39, 0.29) is 23.6 Å². The summed E-state index contributed by atoms with van der Waals surface area (Å²) in [5, 5.41) is -0.297. The molecular formula is C21H19BrFNO4S. The van der Waals surface area contributed by atoms with Crippen LogP contribution in [0.4, 0.5) is 9.18 Å². The minimum absolute atomic E-state index is 0.179. The number of methoxy groups -OCH3 is 1. The smallest absolute Gasteiger partial charge is 0.293 e. The number of carbonyl (C=O) groups excluding carboxylic acids is 2. The van der Waals surface area contributed by atoms with Crippen LogP contribution in [-0.2, 0) is 16.1 Å². The average Bonchev–Trinajstić information content (AvgIpc) is 2.95. The van der Waals surface area contributed by atoms with Gasteiger partial charge in [0, 0.05) is 30.3 Å². The van der Waals surface area contributed by atoms with Gasteiger partial charge in [-0.25, -0.2) is 4.39 Å². The van der Waals surface area contributed by atoms with E-state index < -0.39 is 0 Å². The number of thioether (sulfide) groups is 1. The van der Waals surface area contributed by atoms with E-state index in [9.17, 15) is 14.0 Å². The van der Waals surface area contributed by atoms with Crippen LogP contribution in [-0.4, -0.2) is 36.3 Å². The van der Waals surface area contributed by atoms with Crippen molar-refractivity contribution in [1.29, 1.82) is 0 Å². The lowest BCUT2D eigenvalue weighted by atomic mass is 10.1. The molecule has 2 aromatic carbocycles. The number of nitrogens with zero attached hydrogens (tertiary/aromatic N) is 1. The molecule has 2 aromatic rings. The third-order valence-electron chi connectivity index (χ3n) is 4.15. The quantitative estimate of drug-likeness (QED) is 0.382. The van der Waals surface area contributed by atoms with Crippen LogP contribution in [0.3, 0.4) is 0 Å². The van der Waals surface area contributed by atoms with Crippen molar-refractivity contribution in [2.45, 2.75) is 13.0 Å². The second-order valence-corrected chi connectivity index (χ2v) is 8.19. The Morgan fingerprint density at radius 3 is 2.79 bits per heavy atom. The van der Waals surface area contributed by atoms with Gasteiger partial charge in [-0.2, -0.15) is 0 Å². The summed E-state index contributed by atoms with van der Waals surface area (Å²) in [6.07, 6.45) is 2.23. The van der Waals surface area contributed by atoms with Crippen LogP contribution in [0.15, 0.2) is 51.8 Å². The van der Waals surface area contributed by atoms with Crippen molar-refractivity contribution < 1.29 is 23.5 Å². The van der Waals surface area contributed by atoms with Gasteiger partial charge < -0.3 is 9.47 Å². The second-order valence-electron chi connectivity index (χ2n) is 6.28. The first kappa shape index (κ1) is 21.5. The molecule has 0 aliphatic carbocycles. The average molecular weight is 480 g/mol. The van der Waals surface area contributed by atoms with Crippen molar-refractivity contribution >= 4 is 44.9 Å². The van der Waals surface area contributed by atoms with E-state index in [2.05, 4.69) is 15.9 Å². The lowest BCUT2D eigenvalue weighted by Gasteiger charge is -2.12. The number of hydrogen-bond donors (Lipinski definition) is 0. The molecule has 29 heavy (non-hydrogen) atoms. The van der Waals surface area contributed by atoms with Gasteiger partial charge in [0.1, 0.15) is 18.2 Å². The minimum atomic E-state index is -0.329. The van der Waals surface area contributed by atoms with Crippen LogP contribution in [0, 0.1) is 5.82 Å². The molecule has 1 heterocycles. The summed E-state index contributed by atoms with van der Waals surface area (Å²) in [7, 11) is 1.58. The highest BCUT2D eigenvalue weighted by molar-refractivity contribution is 9.10. The summed E-state index contributed by atoms with van der Waals surface area (Å²) in [6.45, 7) is 0.973. The largest absolute Gasteiger partial charge is 0.488 e. The van der Waals surface area contributed by atoms with Crippen LogP contribution in [0.1, 0.15) is 17.5 Å². The van der Waals surface area contributed by atoms with Gasteiger partial charge in [0.05, 0.1) is 4.91 Å². The summed E-state index contributed by atoms with van der Waals surface area (Å²) in [4.78, 5) is 26.4. The Kier molecular flexibility index (Phi) is 7.46. The Morgan fingerprint density at radius 2 is 2.03 bits per heavy atom. The first-order chi connectivity index (χ1) is 14.0. The zero-order valence-electron chi connectivity index (χ0n) is 15.7. The van der Waals surface area contributed by atoms with Gasteiger partial charge in [-0.1, -0.05) is 28.1 Å². The van der Waals surface area contributed by atoms with Crippen molar-refractivity contribution in [3.63, 3.8) is 0 Å². The Balaban J connectivity index is 1.78. The van der Waals surface area contributed by atoms with Crippen LogP contribution in [0.5, 0.6) is 5.75 Å². The van der Waals surface area contributed by atoms with Crippen molar-refractivity contribution in [3.8, 4) is 5.75 Å². The third kappa shape index (κ3) is 5.68. The van der Waals surface area contributed by atoms with Gasteiger partial charge in [-0.15, -0.1) is 0 Å². The molecule has 5 nitrogen and oxygen atoms in total. The summed E-state index contributed by atoms with van der Waals surface area (Å²) in [5.41, 5.74) is 1.34. The predicted octanol–water partition coefficient (Wildman–Crippen LogP) is 5.24. The number of rotatable bonds is 8. The van der Waals surface area contributed by atoms with E-state index in [1.165, 1.54) is 17.0 Å². The molecule has 0 atom stereocenters. The van der Waals surface area contributed by atoms with E-state index in [1.54, 1.807) is 37.5 Å². The molecule has 152 valence electrons. The van der Waals surface area contributed by atoms with Crippen molar-refractivity contribution in [3.05, 3.63) is 68.8 Å². The Morgan fingerprint density at radius 1 is 1.21 bits per heavy atom. The zero-order valence-corrected chi connectivity index (χ0v) is 18.1. The fourth-order valence-electron chi connectivity index (χ4n) is 2.75. The molecule has 0 spiro atoms. The monoisotopic (exact) mass is 479 g/mol. The number of amides is 2. The summed E-state index contributed by atoms with van der Waals surface area (Å²) < 4.78 is 25.0. The highest BCUT2D eigenvalue weighted by atomic mass is 79.9. The minimum Gasteiger partial charge on any atom is -0.488 e. The fraction of sp³-hybridized carbons (Fsp3) is 0.238. The molecule has 0 aromatic heterocycles. The van der Waals surface area contributed by atoms with Gasteiger partial charge in [-0.3, -0.25) is 14.5 Å². The van der Waals surface area contributed by atoms with E-state index in [1.807, 2.05) is 6.07 Å². The fourth-order valence-corrected chi connectivity index (χ4v) is 3.99. The number of carbonyl (C=O) groups is 2. The molecule has 1 saturated heterocycles. The Hall–Kier alpha value is -2.16. The molecular weight excluding hydrogens is 461 g/mol. The molecule has 3 rings (SSSR count). The van der Waals surface area contributed by atoms with Crippen LogP contribution >= 0.6 is 27.7 Å². The third-order valence-corrected chi connectivity index (χ3v) is 5.55. The molecule has 0 bridgehead atoms. The maximum Gasteiger partial charge on any atom is 0.293 e. The van der Waals surface area contributed by atoms with E-state index in [4.69, 9.17) is 9.47 Å². The van der Waals surface area contributed by atoms with Crippen LogP contribution in [0.2, 0.25) is 0 Å². The van der Waals surface area contributed by atoms with E-state index in [0.717, 1.165) is 16.2 Å². The zero-order chi connectivity index (χ0) is 20.8. The summed E-state index contributed by atoms with van der Waals surface area (Å²) in [5.74, 6) is -0.125. The second kappa shape index (κ2) is 10.0. The molecule has 1 fully saturated rings. The number of benzene rings is 2. The molecule has 0 radical (unpaired) electrons. The molecule has 1 aliphatic rings. The maximum absolute atomic E-state index is 13.4. The van der Waals surface area contributed by atoms with E-state index in [0.29, 0.717) is 41.4 Å². The first-order valence-corrected chi connectivity index (χ1v) is 10.5. The Labute approximate surface area is 181 Å². The number of ether oxygens (including phenoxy) is 2. The SMILES string of the molecule is COCCCN1C(=O)S/C(=C/c2cc(Br)ccc2OCc2cccc(F)c2)C1=O. The van der Waals surface area contributed by atoms with Gasteiger partial charge in [-0.05, 0) is 60.2 Å². The van der Waals surface area contributed by atoms with Gasteiger partial charge in [0.15, 0.2) is 0 Å². The predicted molar refractivity (Wildman–Crippen MR) is 114 cm³/mol. The lowest BCUT2D eigenvalue weighted by molar-refractivity contribution is -0.122. The number of hydrogen-bond acceptors (Lipinski definition) is 5. The van der Waals surface area contributed by atoms with Gasteiger partial charge >= 0.3 is 0 Å². The van der Waals surface area contributed by atoms with E-state index >= 15 is 0 Å².